The van der Waals surface area contributed by atoms with Gasteiger partial charge in [-0.3, -0.25) is 0 Å². The normalized spacial score (nSPS) is 21.7. The first kappa shape index (κ1) is 14.8. The molecule has 2 N–H and O–H groups in total. The molecule has 7 nitrogen and oxygen atoms in total. The second kappa shape index (κ2) is 6.31. The van der Waals surface area contributed by atoms with Gasteiger partial charge in [0.25, 0.3) is 0 Å². The van der Waals surface area contributed by atoms with E-state index < -0.39 is 0 Å². The molecule has 0 radical (unpaired) electrons. The minimum Gasteiger partial charge on any atom is -0.381 e. The molecule has 1 aliphatic carbocycles. The van der Waals surface area contributed by atoms with Crippen LogP contribution in [0.5, 0.6) is 0 Å². The highest BCUT2D eigenvalue weighted by Crippen LogP contribution is 2.20. The number of anilines is 1. The van der Waals surface area contributed by atoms with Gasteiger partial charge in [0.1, 0.15) is 5.82 Å². The maximum Gasteiger partial charge on any atom is 0.319 e. The molecule has 1 saturated carbocycles. The summed E-state index contributed by atoms with van der Waals surface area (Å²) < 4.78 is 7.00. The molecule has 0 aliphatic heterocycles. The standard InChI is InChI=1S/C15H21N5O2/c1-10-16-14-8-5-12(9-20(14)19-10)18-15(21)17-11-3-6-13(22-2)7-4-11/h5,8-9,11,13H,3-4,6-7H2,1-2H3,(H2,17,18,21). The Hall–Kier alpha value is -2.15. The highest BCUT2D eigenvalue weighted by molar-refractivity contribution is 5.89. The molecule has 2 amide bonds. The van der Waals surface area contributed by atoms with Crippen LogP contribution in [0.3, 0.4) is 0 Å². The third-order valence-electron chi connectivity index (χ3n) is 4.04. The maximum absolute atomic E-state index is 12.1. The summed E-state index contributed by atoms with van der Waals surface area (Å²) in [6.07, 6.45) is 5.98. The average Bonchev–Trinajstić information content (AvgIpc) is 2.87. The van der Waals surface area contributed by atoms with Gasteiger partial charge in [0.05, 0.1) is 18.0 Å². The summed E-state index contributed by atoms with van der Waals surface area (Å²) in [4.78, 5) is 16.3. The summed E-state index contributed by atoms with van der Waals surface area (Å²) in [7, 11) is 1.74. The van der Waals surface area contributed by atoms with Crippen LogP contribution in [0, 0.1) is 6.92 Å². The van der Waals surface area contributed by atoms with Crippen LogP contribution in [-0.4, -0.2) is 39.9 Å². The number of nitrogens with one attached hydrogen (secondary N) is 2. The number of amides is 2. The zero-order valence-corrected chi connectivity index (χ0v) is 12.9. The van der Waals surface area contributed by atoms with Gasteiger partial charge in [-0.25, -0.2) is 14.3 Å². The number of urea groups is 1. The monoisotopic (exact) mass is 303 g/mol. The number of fused-ring (bicyclic) bond motifs is 1. The van der Waals surface area contributed by atoms with E-state index in [2.05, 4.69) is 20.7 Å². The second-order valence-corrected chi connectivity index (χ2v) is 5.69. The molecule has 2 aromatic rings. The summed E-state index contributed by atoms with van der Waals surface area (Å²) in [6.45, 7) is 1.84. The topological polar surface area (TPSA) is 80.5 Å². The van der Waals surface area contributed by atoms with Crippen LogP contribution in [0.25, 0.3) is 5.65 Å². The molecule has 2 heterocycles. The van der Waals surface area contributed by atoms with Crippen molar-refractivity contribution in [2.45, 2.75) is 44.8 Å². The lowest BCUT2D eigenvalue weighted by Crippen LogP contribution is -2.41. The smallest absolute Gasteiger partial charge is 0.319 e. The summed E-state index contributed by atoms with van der Waals surface area (Å²) in [5, 5.41) is 10.1. The first-order chi connectivity index (χ1) is 10.6. The number of ether oxygens (including phenoxy) is 1. The Kier molecular flexibility index (Phi) is 4.24. The lowest BCUT2D eigenvalue weighted by Gasteiger charge is -2.28. The van der Waals surface area contributed by atoms with Crippen molar-refractivity contribution in [3.8, 4) is 0 Å². The molecule has 2 aromatic heterocycles. The number of aromatic nitrogens is 3. The average molecular weight is 303 g/mol. The highest BCUT2D eigenvalue weighted by atomic mass is 16.5. The van der Waals surface area contributed by atoms with Gasteiger partial charge >= 0.3 is 6.03 Å². The summed E-state index contributed by atoms with van der Waals surface area (Å²) in [5.74, 6) is 0.705. The second-order valence-electron chi connectivity index (χ2n) is 5.69. The largest absolute Gasteiger partial charge is 0.381 e. The van der Waals surface area contributed by atoms with Gasteiger partial charge in [-0.05, 0) is 44.7 Å². The Bertz CT molecular complexity index is 661. The van der Waals surface area contributed by atoms with Gasteiger partial charge in [-0.2, -0.15) is 5.10 Å². The van der Waals surface area contributed by atoms with E-state index in [0.29, 0.717) is 17.6 Å². The molecular weight excluding hydrogens is 282 g/mol. The van der Waals surface area contributed by atoms with Crippen molar-refractivity contribution in [3.63, 3.8) is 0 Å². The predicted octanol–water partition coefficient (Wildman–Crippen LogP) is 2.12. The molecule has 3 rings (SSSR count). The molecular formula is C15H21N5O2. The third-order valence-corrected chi connectivity index (χ3v) is 4.04. The van der Waals surface area contributed by atoms with Crippen molar-refractivity contribution >= 4 is 17.4 Å². The minimum atomic E-state index is -0.183. The highest BCUT2D eigenvalue weighted by Gasteiger charge is 2.22. The fraction of sp³-hybridized carbons (Fsp3) is 0.533. The van der Waals surface area contributed by atoms with Crippen LogP contribution in [0.2, 0.25) is 0 Å². The van der Waals surface area contributed by atoms with Crippen molar-refractivity contribution < 1.29 is 9.53 Å². The molecule has 0 spiro atoms. The molecule has 1 fully saturated rings. The minimum absolute atomic E-state index is 0.183. The number of carbonyl (C=O) groups excluding carboxylic acids is 1. The van der Waals surface area contributed by atoms with Crippen molar-refractivity contribution in [1.29, 1.82) is 0 Å². The van der Waals surface area contributed by atoms with Crippen LogP contribution in [-0.2, 0) is 4.74 Å². The predicted molar refractivity (Wildman–Crippen MR) is 82.9 cm³/mol. The lowest BCUT2D eigenvalue weighted by atomic mass is 9.93. The van der Waals surface area contributed by atoms with E-state index in [4.69, 9.17) is 4.74 Å². The van der Waals surface area contributed by atoms with Crippen molar-refractivity contribution in [2.75, 3.05) is 12.4 Å². The Morgan fingerprint density at radius 2 is 2.09 bits per heavy atom. The molecule has 0 bridgehead atoms. The molecule has 7 heteroatoms. The molecule has 22 heavy (non-hydrogen) atoms. The molecule has 0 saturated heterocycles. The number of hydrogen-bond acceptors (Lipinski definition) is 4. The van der Waals surface area contributed by atoms with Crippen LogP contribution in [0.15, 0.2) is 18.3 Å². The van der Waals surface area contributed by atoms with E-state index >= 15 is 0 Å². The molecule has 0 unspecified atom stereocenters. The number of hydrogen-bond donors (Lipinski definition) is 2. The van der Waals surface area contributed by atoms with Gasteiger partial charge in [-0.15, -0.1) is 0 Å². The molecule has 0 aromatic carbocycles. The van der Waals surface area contributed by atoms with Gasteiger partial charge in [0, 0.05) is 13.2 Å². The fourth-order valence-corrected chi connectivity index (χ4v) is 2.86. The van der Waals surface area contributed by atoms with E-state index in [1.807, 2.05) is 19.1 Å². The summed E-state index contributed by atoms with van der Waals surface area (Å²) >= 11 is 0. The van der Waals surface area contributed by atoms with Crippen LogP contribution >= 0.6 is 0 Å². The first-order valence-corrected chi connectivity index (χ1v) is 7.57. The molecule has 118 valence electrons. The number of pyridine rings is 1. The Morgan fingerprint density at radius 3 is 2.82 bits per heavy atom. The Morgan fingerprint density at radius 1 is 1.32 bits per heavy atom. The number of rotatable bonds is 3. The van der Waals surface area contributed by atoms with E-state index in [1.54, 1.807) is 17.8 Å². The van der Waals surface area contributed by atoms with E-state index in [-0.39, 0.29) is 12.1 Å². The lowest BCUT2D eigenvalue weighted by molar-refractivity contribution is 0.0638. The molecule has 0 atom stereocenters. The Balaban J connectivity index is 1.56. The molecule has 1 aliphatic rings. The fourth-order valence-electron chi connectivity index (χ4n) is 2.86. The van der Waals surface area contributed by atoms with E-state index in [9.17, 15) is 4.79 Å². The van der Waals surface area contributed by atoms with Crippen molar-refractivity contribution in [1.82, 2.24) is 19.9 Å². The van der Waals surface area contributed by atoms with Gasteiger partial charge in [-0.1, -0.05) is 0 Å². The zero-order valence-electron chi connectivity index (χ0n) is 12.9. The third kappa shape index (κ3) is 3.36. The van der Waals surface area contributed by atoms with Crippen molar-refractivity contribution in [3.05, 3.63) is 24.2 Å². The Labute approximate surface area is 129 Å². The van der Waals surface area contributed by atoms with Gasteiger partial charge < -0.3 is 15.4 Å². The number of carbonyl (C=O) groups is 1. The number of nitrogens with zero attached hydrogens (tertiary/aromatic N) is 3. The van der Waals surface area contributed by atoms with Crippen LogP contribution in [0.4, 0.5) is 10.5 Å². The number of aryl methyl sites for hydroxylation is 1. The van der Waals surface area contributed by atoms with Crippen LogP contribution in [0.1, 0.15) is 31.5 Å². The maximum atomic E-state index is 12.1. The quantitative estimate of drug-likeness (QED) is 0.910. The SMILES string of the molecule is COC1CCC(NC(=O)Nc2ccc3nc(C)nn3c2)CC1. The van der Waals surface area contributed by atoms with Gasteiger partial charge in [0.2, 0.25) is 0 Å². The van der Waals surface area contributed by atoms with Crippen LogP contribution < -0.4 is 10.6 Å². The van der Waals surface area contributed by atoms with Gasteiger partial charge in [0.15, 0.2) is 5.65 Å². The first-order valence-electron chi connectivity index (χ1n) is 7.57. The summed E-state index contributed by atoms with van der Waals surface area (Å²) in [6, 6.07) is 3.69. The summed E-state index contributed by atoms with van der Waals surface area (Å²) in [5.41, 5.74) is 1.46. The zero-order chi connectivity index (χ0) is 15.5. The van der Waals surface area contributed by atoms with Crippen molar-refractivity contribution in [2.24, 2.45) is 0 Å². The van der Waals surface area contributed by atoms with E-state index in [1.165, 1.54) is 0 Å². The number of methoxy groups -OCH3 is 1. The van der Waals surface area contributed by atoms with E-state index in [0.717, 1.165) is 31.3 Å².